The van der Waals surface area contributed by atoms with Gasteiger partial charge in [-0.2, -0.15) is 5.10 Å². The summed E-state index contributed by atoms with van der Waals surface area (Å²) in [5.74, 6) is -2.84. The molecule has 0 spiro atoms. The van der Waals surface area contributed by atoms with Gasteiger partial charge >= 0.3 is 12.3 Å². The lowest BCUT2D eigenvalue weighted by atomic mass is 9.93. The first kappa shape index (κ1) is 28.1. The van der Waals surface area contributed by atoms with Crippen LogP contribution in [0.15, 0.2) is 48.8 Å². The van der Waals surface area contributed by atoms with Gasteiger partial charge in [0.1, 0.15) is 11.6 Å². The number of anilines is 1. The Bertz CT molecular complexity index is 1390. The molecule has 0 radical (unpaired) electrons. The summed E-state index contributed by atoms with van der Waals surface area (Å²) >= 11 is 0. The van der Waals surface area contributed by atoms with Crippen LogP contribution in [0, 0.1) is 5.82 Å². The molecule has 1 fully saturated rings. The number of carbonyl (C=O) groups is 2. The maximum absolute atomic E-state index is 14.8. The Morgan fingerprint density at radius 2 is 1.85 bits per heavy atom. The number of esters is 1. The van der Waals surface area contributed by atoms with Crippen LogP contribution in [0.1, 0.15) is 62.4 Å². The van der Waals surface area contributed by atoms with Gasteiger partial charge in [0.25, 0.3) is 0 Å². The van der Waals surface area contributed by atoms with Gasteiger partial charge in [0.05, 0.1) is 29.8 Å². The maximum atomic E-state index is 14.8. The molecule has 1 aromatic heterocycles. The third-order valence-corrected chi connectivity index (χ3v) is 6.93. The van der Waals surface area contributed by atoms with Crippen molar-refractivity contribution in [2.75, 3.05) is 12.4 Å². The average Bonchev–Trinajstić information content (AvgIpc) is 3.50. The summed E-state index contributed by atoms with van der Waals surface area (Å²) in [6.45, 7) is 6.23. The van der Waals surface area contributed by atoms with E-state index in [2.05, 4.69) is 35.9 Å². The molecule has 39 heavy (non-hydrogen) atoms. The Morgan fingerprint density at radius 3 is 2.44 bits per heavy atom. The van der Waals surface area contributed by atoms with E-state index in [4.69, 9.17) is 4.74 Å². The summed E-state index contributed by atoms with van der Waals surface area (Å²) < 4.78 is 62.8. The predicted molar refractivity (Wildman–Crippen MR) is 136 cm³/mol. The highest BCUT2D eigenvalue weighted by Crippen LogP contribution is 2.50. The summed E-state index contributed by atoms with van der Waals surface area (Å²) in [5, 5.41) is 7.20. The summed E-state index contributed by atoms with van der Waals surface area (Å²) in [4.78, 5) is 25.9. The molecule has 1 amide bonds. The second-order valence-corrected chi connectivity index (χ2v) is 10.2. The molecular weight excluding hydrogens is 518 g/mol. The molecule has 0 atom stereocenters. The molecule has 0 bridgehead atoms. The Hall–Kier alpha value is -3.89. The SMILES string of the molecule is CCCC(C)(C)n1cc(-c2ccc(NC(=O)C3(c4ccc(OC(F)(F)F)cc4F)CC3)cc2C(=O)OC)cn1. The fourth-order valence-corrected chi connectivity index (χ4v) is 4.75. The molecule has 2 aromatic carbocycles. The zero-order valence-electron chi connectivity index (χ0n) is 22.0. The molecule has 3 aromatic rings. The molecule has 1 aliphatic rings. The van der Waals surface area contributed by atoms with Crippen LogP contribution in [0.25, 0.3) is 11.1 Å². The van der Waals surface area contributed by atoms with Crippen LogP contribution in [0.4, 0.5) is 23.2 Å². The topological polar surface area (TPSA) is 82.5 Å². The van der Waals surface area contributed by atoms with E-state index in [1.807, 2.05) is 10.9 Å². The first-order valence-electron chi connectivity index (χ1n) is 12.4. The molecule has 208 valence electrons. The van der Waals surface area contributed by atoms with Gasteiger partial charge in [-0.1, -0.05) is 25.5 Å². The highest BCUT2D eigenvalue weighted by Gasteiger charge is 2.53. The second kappa shape index (κ2) is 10.3. The minimum Gasteiger partial charge on any atom is -0.465 e. The van der Waals surface area contributed by atoms with Crippen LogP contribution >= 0.6 is 0 Å². The number of rotatable bonds is 9. The number of ether oxygens (including phenoxy) is 2. The van der Waals surface area contributed by atoms with Gasteiger partial charge in [0, 0.05) is 29.1 Å². The molecule has 11 heteroatoms. The van der Waals surface area contributed by atoms with Gasteiger partial charge in [-0.25, -0.2) is 9.18 Å². The number of hydrogen-bond donors (Lipinski definition) is 1. The third-order valence-electron chi connectivity index (χ3n) is 6.93. The first-order valence-corrected chi connectivity index (χ1v) is 12.4. The number of methoxy groups -OCH3 is 1. The lowest BCUT2D eigenvalue weighted by Crippen LogP contribution is -2.29. The van der Waals surface area contributed by atoms with E-state index in [-0.39, 0.29) is 22.4 Å². The van der Waals surface area contributed by atoms with Crippen molar-refractivity contribution in [3.8, 4) is 16.9 Å². The average molecular weight is 548 g/mol. The van der Waals surface area contributed by atoms with Crippen LogP contribution in [0.5, 0.6) is 5.75 Å². The number of nitrogens with one attached hydrogen (secondary N) is 1. The van der Waals surface area contributed by atoms with Gasteiger partial charge in [0.2, 0.25) is 5.91 Å². The van der Waals surface area contributed by atoms with E-state index in [0.29, 0.717) is 30.0 Å². The molecule has 4 rings (SSSR count). The lowest BCUT2D eigenvalue weighted by Gasteiger charge is -2.24. The Kier molecular flexibility index (Phi) is 7.46. The zero-order chi connectivity index (χ0) is 28.6. The van der Waals surface area contributed by atoms with Gasteiger partial charge in [0.15, 0.2) is 0 Å². The quantitative estimate of drug-likeness (QED) is 0.242. The molecule has 1 aliphatic carbocycles. The summed E-state index contributed by atoms with van der Waals surface area (Å²) in [6.07, 6.45) is 1.05. The van der Waals surface area contributed by atoms with Crippen LogP contribution < -0.4 is 10.1 Å². The minimum absolute atomic E-state index is 0.0264. The van der Waals surface area contributed by atoms with E-state index < -0.39 is 35.2 Å². The van der Waals surface area contributed by atoms with Crippen molar-refractivity contribution in [1.29, 1.82) is 0 Å². The highest BCUT2D eigenvalue weighted by atomic mass is 19.4. The number of alkyl halides is 3. The van der Waals surface area contributed by atoms with Crippen LogP contribution in [0.2, 0.25) is 0 Å². The van der Waals surface area contributed by atoms with E-state index in [0.717, 1.165) is 25.0 Å². The number of benzene rings is 2. The number of carbonyl (C=O) groups excluding carboxylic acids is 2. The van der Waals surface area contributed by atoms with E-state index in [1.54, 1.807) is 18.3 Å². The summed E-state index contributed by atoms with van der Waals surface area (Å²) in [6, 6.07) is 7.47. The van der Waals surface area contributed by atoms with E-state index in [9.17, 15) is 27.2 Å². The largest absolute Gasteiger partial charge is 0.573 e. The van der Waals surface area contributed by atoms with Gasteiger partial charge in [-0.3, -0.25) is 9.48 Å². The van der Waals surface area contributed by atoms with E-state index >= 15 is 0 Å². The predicted octanol–water partition coefficient (Wildman–Crippen LogP) is 6.58. The molecule has 0 aliphatic heterocycles. The first-order chi connectivity index (χ1) is 18.3. The van der Waals surface area contributed by atoms with Crippen LogP contribution in [-0.2, 0) is 20.5 Å². The fourth-order valence-electron chi connectivity index (χ4n) is 4.75. The van der Waals surface area contributed by atoms with Crippen molar-refractivity contribution in [3.05, 3.63) is 65.7 Å². The van der Waals surface area contributed by atoms with E-state index in [1.165, 1.54) is 13.2 Å². The minimum atomic E-state index is -4.96. The number of amides is 1. The lowest BCUT2D eigenvalue weighted by molar-refractivity contribution is -0.274. The molecule has 1 saturated carbocycles. The molecular formula is C28H29F4N3O4. The van der Waals surface area contributed by atoms with Crippen molar-refractivity contribution in [3.63, 3.8) is 0 Å². The number of aromatic nitrogens is 2. The van der Waals surface area contributed by atoms with Crippen molar-refractivity contribution in [2.45, 2.75) is 63.8 Å². The van der Waals surface area contributed by atoms with Crippen molar-refractivity contribution >= 4 is 17.6 Å². The summed E-state index contributed by atoms with van der Waals surface area (Å²) in [7, 11) is 1.25. The smallest absolute Gasteiger partial charge is 0.465 e. The normalized spacial score (nSPS) is 14.6. The number of hydrogen-bond acceptors (Lipinski definition) is 5. The number of nitrogens with zero attached hydrogens (tertiary/aromatic N) is 2. The molecule has 1 N–H and O–H groups in total. The standard InChI is InChI=1S/C28H29F4N3O4/c1-5-10-26(2,3)35-16-17(15-33-35)20-8-6-18(13-21(20)24(36)38-4)34-25(37)27(11-12-27)22-9-7-19(14-23(22)29)39-28(30,31)32/h6-9,13-16H,5,10-12H2,1-4H3,(H,34,37). The zero-order valence-corrected chi connectivity index (χ0v) is 22.0. The monoisotopic (exact) mass is 547 g/mol. The number of halogens is 4. The van der Waals surface area contributed by atoms with Crippen molar-refractivity contribution in [1.82, 2.24) is 9.78 Å². The second-order valence-electron chi connectivity index (χ2n) is 10.2. The van der Waals surface area contributed by atoms with Crippen molar-refractivity contribution < 1.29 is 36.6 Å². The van der Waals surface area contributed by atoms with Crippen molar-refractivity contribution in [2.24, 2.45) is 0 Å². The molecule has 0 saturated heterocycles. The summed E-state index contributed by atoms with van der Waals surface area (Å²) in [5.41, 5.74) is 0.250. The Morgan fingerprint density at radius 1 is 1.13 bits per heavy atom. The van der Waals surface area contributed by atoms with Gasteiger partial charge in [-0.05, 0) is 56.9 Å². The molecule has 0 unspecified atom stereocenters. The Labute approximate surface area is 223 Å². The van der Waals surface area contributed by atoms with Gasteiger partial charge < -0.3 is 14.8 Å². The van der Waals surface area contributed by atoms with Gasteiger partial charge in [-0.15, -0.1) is 13.2 Å². The fraction of sp³-hybridized carbons (Fsp3) is 0.393. The third kappa shape index (κ3) is 5.91. The maximum Gasteiger partial charge on any atom is 0.573 e. The van der Waals surface area contributed by atoms with Crippen LogP contribution in [-0.4, -0.2) is 35.1 Å². The molecule has 7 nitrogen and oxygen atoms in total. The highest BCUT2D eigenvalue weighted by molar-refractivity contribution is 6.04. The van der Waals surface area contributed by atoms with Crippen LogP contribution in [0.3, 0.4) is 0 Å². The molecule has 1 heterocycles. The Balaban J connectivity index is 1.59.